The molecule has 1 fully saturated rings. The van der Waals surface area contributed by atoms with Gasteiger partial charge in [-0.3, -0.25) is 0 Å². The largest absolute Gasteiger partial charge is 0.487 e. The Bertz CT molecular complexity index is 629. The van der Waals surface area contributed by atoms with E-state index in [9.17, 15) is 12.8 Å². The molecule has 5 nitrogen and oxygen atoms in total. The highest BCUT2D eigenvalue weighted by Gasteiger charge is 2.18. The Morgan fingerprint density at radius 3 is 2.46 bits per heavy atom. The van der Waals surface area contributed by atoms with E-state index in [1.807, 2.05) is 0 Å². The van der Waals surface area contributed by atoms with Crippen LogP contribution < -0.4 is 10.5 Å². The van der Waals surface area contributed by atoms with E-state index in [0.717, 1.165) is 25.9 Å². The first-order valence-corrected chi connectivity index (χ1v) is 9.39. The van der Waals surface area contributed by atoms with E-state index >= 15 is 0 Å². The van der Waals surface area contributed by atoms with Crippen LogP contribution in [0.4, 0.5) is 4.39 Å². The molecule has 0 bridgehead atoms. The van der Waals surface area contributed by atoms with Gasteiger partial charge in [-0.25, -0.2) is 12.8 Å². The molecule has 136 valence electrons. The molecule has 0 atom stereocenters. The van der Waals surface area contributed by atoms with Gasteiger partial charge in [0.2, 0.25) is 0 Å². The van der Waals surface area contributed by atoms with Crippen molar-refractivity contribution in [1.82, 2.24) is 4.90 Å². The predicted molar refractivity (Wildman–Crippen MR) is 95.2 cm³/mol. The molecule has 0 spiro atoms. The maximum Gasteiger partial charge on any atom is 0.179 e. The van der Waals surface area contributed by atoms with Crippen LogP contribution in [0, 0.1) is 0 Å². The molecule has 24 heavy (non-hydrogen) atoms. The molecule has 0 saturated carbocycles. The lowest BCUT2D eigenvalue weighted by molar-refractivity contribution is 0.318. The summed E-state index contributed by atoms with van der Waals surface area (Å²) in [6.45, 7) is 2.42. The molecule has 1 aliphatic rings. The lowest BCUT2D eigenvalue weighted by Crippen LogP contribution is -2.26. The van der Waals surface area contributed by atoms with E-state index < -0.39 is 15.7 Å². The summed E-state index contributed by atoms with van der Waals surface area (Å²) in [5, 5.41) is 0. The van der Waals surface area contributed by atoms with Crippen molar-refractivity contribution in [2.24, 2.45) is 5.73 Å². The molecule has 0 unspecified atom stereocenters. The zero-order chi connectivity index (χ0) is 16.7. The van der Waals surface area contributed by atoms with Crippen LogP contribution in [0.15, 0.2) is 41.1 Å². The average Bonchev–Trinajstić information content (AvgIpc) is 3.05. The van der Waals surface area contributed by atoms with Gasteiger partial charge in [-0.2, -0.15) is 0 Å². The third-order valence-electron chi connectivity index (χ3n) is 3.77. The van der Waals surface area contributed by atoms with Crippen LogP contribution in [0.2, 0.25) is 0 Å². The zero-order valence-corrected chi connectivity index (χ0v) is 15.1. The van der Waals surface area contributed by atoms with Crippen molar-refractivity contribution in [3.8, 4) is 5.75 Å². The fraction of sp³-hybridized carbons (Fsp3) is 0.500. The third kappa shape index (κ3) is 6.39. The highest BCUT2D eigenvalue weighted by atomic mass is 35.5. The predicted octanol–water partition coefficient (Wildman–Crippen LogP) is 2.17. The van der Waals surface area contributed by atoms with E-state index in [0.29, 0.717) is 12.3 Å². The summed E-state index contributed by atoms with van der Waals surface area (Å²) in [5.74, 6) is 0.0834. The number of benzene rings is 1. The number of nitrogens with zero attached hydrogens (tertiary/aromatic N) is 1. The smallest absolute Gasteiger partial charge is 0.179 e. The number of ether oxygens (including phenoxy) is 1. The van der Waals surface area contributed by atoms with Gasteiger partial charge in [0.25, 0.3) is 0 Å². The van der Waals surface area contributed by atoms with Gasteiger partial charge in [-0.1, -0.05) is 0 Å². The van der Waals surface area contributed by atoms with Crippen LogP contribution in [0.25, 0.3) is 0 Å². The van der Waals surface area contributed by atoms with Crippen LogP contribution in [-0.2, 0) is 9.84 Å². The molecule has 0 radical (unpaired) electrons. The standard InChI is InChI=1S/C16H23FN2O3S.ClH/c17-14(7-8-18)13-22-15-3-5-16(6-4-15)23(20,21)12-11-19-9-1-2-10-19;/h3-7H,1-2,8-13,18H2;1H. The molecule has 8 heteroatoms. The zero-order valence-electron chi connectivity index (χ0n) is 13.5. The number of hydrogen-bond donors (Lipinski definition) is 1. The summed E-state index contributed by atoms with van der Waals surface area (Å²) >= 11 is 0. The van der Waals surface area contributed by atoms with Gasteiger partial charge < -0.3 is 15.4 Å². The second-order valence-corrected chi connectivity index (χ2v) is 7.62. The Morgan fingerprint density at radius 2 is 1.88 bits per heavy atom. The van der Waals surface area contributed by atoms with Gasteiger partial charge in [0.1, 0.15) is 18.2 Å². The lowest BCUT2D eigenvalue weighted by atomic mass is 10.3. The van der Waals surface area contributed by atoms with Crippen molar-refractivity contribution in [3.63, 3.8) is 0 Å². The Kier molecular flexibility index (Phi) is 8.69. The first-order chi connectivity index (χ1) is 11.0. The molecule has 1 saturated heterocycles. The molecule has 1 aliphatic heterocycles. The first kappa shape index (κ1) is 20.9. The fourth-order valence-electron chi connectivity index (χ4n) is 2.46. The summed E-state index contributed by atoms with van der Waals surface area (Å²) in [4.78, 5) is 2.43. The van der Waals surface area contributed by atoms with E-state index in [1.54, 1.807) is 12.1 Å². The van der Waals surface area contributed by atoms with Crippen molar-refractivity contribution in [2.45, 2.75) is 17.7 Å². The molecule has 1 aromatic carbocycles. The van der Waals surface area contributed by atoms with Gasteiger partial charge >= 0.3 is 0 Å². The highest BCUT2D eigenvalue weighted by Crippen LogP contribution is 2.18. The number of hydrogen-bond acceptors (Lipinski definition) is 5. The Labute approximate surface area is 149 Å². The van der Waals surface area contributed by atoms with Crippen molar-refractivity contribution < 1.29 is 17.5 Å². The molecule has 2 N–H and O–H groups in total. The van der Waals surface area contributed by atoms with E-state index in [2.05, 4.69) is 4.90 Å². The molecule has 1 heterocycles. The number of likely N-dealkylation sites (tertiary alicyclic amines) is 1. The van der Waals surface area contributed by atoms with Crippen LogP contribution >= 0.6 is 12.4 Å². The van der Waals surface area contributed by atoms with E-state index in [-0.39, 0.29) is 36.2 Å². The number of nitrogens with two attached hydrogens (primary N) is 1. The maximum atomic E-state index is 13.2. The molecule has 1 aromatic rings. The summed E-state index contributed by atoms with van der Waals surface area (Å²) in [6.07, 6.45) is 3.51. The van der Waals surface area contributed by atoms with Gasteiger partial charge in [0.15, 0.2) is 9.84 Å². The van der Waals surface area contributed by atoms with Crippen LogP contribution in [0.1, 0.15) is 12.8 Å². The minimum Gasteiger partial charge on any atom is -0.487 e. The fourth-order valence-corrected chi connectivity index (χ4v) is 3.74. The van der Waals surface area contributed by atoms with Crippen molar-refractivity contribution in [2.75, 3.05) is 38.5 Å². The minimum atomic E-state index is -3.30. The molecule has 0 aliphatic carbocycles. The maximum absolute atomic E-state index is 13.2. The molecule has 0 aromatic heterocycles. The highest BCUT2D eigenvalue weighted by molar-refractivity contribution is 7.91. The van der Waals surface area contributed by atoms with E-state index in [1.165, 1.54) is 18.2 Å². The average molecular weight is 379 g/mol. The second kappa shape index (κ2) is 9.98. The van der Waals surface area contributed by atoms with Gasteiger partial charge in [0.05, 0.1) is 10.6 Å². The number of sulfone groups is 1. The van der Waals surface area contributed by atoms with E-state index in [4.69, 9.17) is 10.5 Å². The Balaban J connectivity index is 0.00000288. The topological polar surface area (TPSA) is 72.6 Å². The SMILES string of the molecule is Cl.NCC=C(F)COc1ccc(S(=O)(=O)CCN2CCCC2)cc1. The summed E-state index contributed by atoms with van der Waals surface area (Å²) in [5.41, 5.74) is 5.20. The van der Waals surface area contributed by atoms with Crippen LogP contribution in [0.3, 0.4) is 0 Å². The van der Waals surface area contributed by atoms with Gasteiger partial charge in [-0.15, -0.1) is 12.4 Å². The Hall–Kier alpha value is -1.15. The van der Waals surface area contributed by atoms with Gasteiger partial charge in [0, 0.05) is 13.1 Å². The summed E-state index contributed by atoms with van der Waals surface area (Å²) in [7, 11) is -3.30. The van der Waals surface area contributed by atoms with Crippen molar-refractivity contribution >= 4 is 22.2 Å². The normalized spacial score (nSPS) is 16.0. The number of halogens is 2. The van der Waals surface area contributed by atoms with Crippen molar-refractivity contribution in [1.29, 1.82) is 0 Å². The number of rotatable bonds is 8. The molecular weight excluding hydrogens is 355 g/mol. The van der Waals surface area contributed by atoms with Gasteiger partial charge in [-0.05, 0) is 56.3 Å². The lowest BCUT2D eigenvalue weighted by Gasteiger charge is -2.14. The second-order valence-electron chi connectivity index (χ2n) is 5.51. The first-order valence-electron chi connectivity index (χ1n) is 7.74. The van der Waals surface area contributed by atoms with Crippen LogP contribution in [0.5, 0.6) is 5.75 Å². The quantitative estimate of drug-likeness (QED) is 0.750. The molecule has 2 rings (SSSR count). The molecular formula is C16H24ClFN2O3S. The summed E-state index contributed by atoms with van der Waals surface area (Å²) in [6, 6.07) is 6.08. The van der Waals surface area contributed by atoms with Crippen LogP contribution in [-0.4, -0.2) is 51.9 Å². The Morgan fingerprint density at radius 1 is 1.25 bits per heavy atom. The monoisotopic (exact) mass is 378 g/mol. The third-order valence-corrected chi connectivity index (χ3v) is 5.48. The molecule has 0 amide bonds. The summed E-state index contributed by atoms with van der Waals surface area (Å²) < 4.78 is 43.0. The minimum absolute atomic E-state index is 0. The van der Waals surface area contributed by atoms with Crippen molar-refractivity contribution in [3.05, 3.63) is 36.2 Å².